The van der Waals surface area contributed by atoms with Gasteiger partial charge in [0.25, 0.3) is 5.91 Å². The van der Waals surface area contributed by atoms with E-state index in [0.717, 1.165) is 70.3 Å². The Bertz CT molecular complexity index is 920. The lowest BCUT2D eigenvalue weighted by Crippen LogP contribution is -2.42. The number of aryl methyl sites for hydroxylation is 1. The first-order chi connectivity index (χ1) is 15.6. The van der Waals surface area contributed by atoms with Crippen LogP contribution in [-0.2, 0) is 11.2 Å². The highest BCUT2D eigenvalue weighted by Gasteiger charge is 2.24. The van der Waals surface area contributed by atoms with Crippen LogP contribution < -0.4 is 5.32 Å². The van der Waals surface area contributed by atoms with E-state index in [4.69, 9.17) is 0 Å². The van der Waals surface area contributed by atoms with E-state index in [1.807, 2.05) is 17.0 Å². The van der Waals surface area contributed by atoms with Crippen molar-refractivity contribution < 1.29 is 14.0 Å². The van der Waals surface area contributed by atoms with Gasteiger partial charge in [0.2, 0.25) is 5.91 Å². The molecule has 6 nitrogen and oxygen atoms in total. The summed E-state index contributed by atoms with van der Waals surface area (Å²) in [6, 6.07) is 9.35. The van der Waals surface area contributed by atoms with E-state index in [2.05, 4.69) is 15.2 Å². The lowest BCUT2D eigenvalue weighted by Gasteiger charge is -2.32. The molecule has 0 spiro atoms. The molecule has 0 unspecified atom stereocenters. The minimum atomic E-state index is -0.370. The van der Waals surface area contributed by atoms with Gasteiger partial charge in [-0.2, -0.15) is 0 Å². The number of piperidine rings is 1. The van der Waals surface area contributed by atoms with E-state index in [1.54, 1.807) is 6.20 Å². The Morgan fingerprint density at radius 3 is 2.47 bits per heavy atom. The highest BCUT2D eigenvalue weighted by atomic mass is 19.1. The first-order valence-electron chi connectivity index (χ1n) is 11.6. The van der Waals surface area contributed by atoms with Gasteiger partial charge in [0, 0.05) is 24.8 Å². The number of carbonyl (C=O) groups is 2. The molecular formula is C25H31FN4O2. The number of pyridine rings is 1. The molecule has 1 aromatic carbocycles. The van der Waals surface area contributed by atoms with Crippen LogP contribution in [0.25, 0.3) is 0 Å². The zero-order valence-electron chi connectivity index (χ0n) is 18.4. The molecular weight excluding hydrogens is 407 g/mol. The van der Waals surface area contributed by atoms with Crippen molar-refractivity contribution in [1.82, 2.24) is 14.8 Å². The summed E-state index contributed by atoms with van der Waals surface area (Å²) >= 11 is 0. The molecule has 0 radical (unpaired) electrons. The third-order valence-electron chi connectivity index (χ3n) is 6.54. The first-order valence-corrected chi connectivity index (χ1v) is 11.6. The van der Waals surface area contributed by atoms with Crippen LogP contribution >= 0.6 is 0 Å². The van der Waals surface area contributed by atoms with Crippen molar-refractivity contribution in [2.45, 2.75) is 38.5 Å². The summed E-state index contributed by atoms with van der Waals surface area (Å²) in [6.07, 6.45) is 8.24. The van der Waals surface area contributed by atoms with E-state index in [0.29, 0.717) is 23.8 Å². The fourth-order valence-corrected chi connectivity index (χ4v) is 4.55. The van der Waals surface area contributed by atoms with Gasteiger partial charge in [-0.15, -0.1) is 0 Å². The molecule has 4 rings (SSSR count). The van der Waals surface area contributed by atoms with Crippen LogP contribution in [0.4, 0.5) is 10.2 Å². The second-order valence-electron chi connectivity index (χ2n) is 8.86. The van der Waals surface area contributed by atoms with Crippen molar-refractivity contribution in [2.24, 2.45) is 5.92 Å². The van der Waals surface area contributed by atoms with Crippen LogP contribution in [-0.4, -0.2) is 59.3 Å². The highest BCUT2D eigenvalue weighted by Crippen LogP contribution is 2.23. The maximum absolute atomic E-state index is 13.0. The van der Waals surface area contributed by atoms with Crippen molar-refractivity contribution in [1.29, 1.82) is 0 Å². The molecule has 32 heavy (non-hydrogen) atoms. The quantitative estimate of drug-likeness (QED) is 0.715. The summed E-state index contributed by atoms with van der Waals surface area (Å²) in [7, 11) is 0. The number of likely N-dealkylation sites (tertiary alicyclic amines) is 2. The van der Waals surface area contributed by atoms with Gasteiger partial charge in [-0.05, 0) is 99.5 Å². The molecule has 2 aromatic rings. The van der Waals surface area contributed by atoms with Crippen LogP contribution in [0, 0.1) is 11.7 Å². The van der Waals surface area contributed by atoms with Gasteiger partial charge in [0.15, 0.2) is 0 Å². The average Bonchev–Trinajstić information content (AvgIpc) is 3.35. The van der Waals surface area contributed by atoms with Crippen LogP contribution in [0.3, 0.4) is 0 Å². The molecule has 0 bridgehead atoms. The van der Waals surface area contributed by atoms with Crippen LogP contribution in [0.1, 0.15) is 48.0 Å². The van der Waals surface area contributed by atoms with E-state index in [1.165, 1.54) is 24.3 Å². The SMILES string of the molecule is O=C(Nc1cc(CCC2CCN(CC(=O)N3CCCC3)CC2)ccn1)c1ccc(F)cc1. The van der Waals surface area contributed by atoms with Gasteiger partial charge in [0.1, 0.15) is 11.6 Å². The number of carbonyl (C=O) groups excluding carboxylic acids is 2. The predicted molar refractivity (Wildman–Crippen MR) is 122 cm³/mol. The third kappa shape index (κ3) is 6.13. The molecule has 3 heterocycles. The van der Waals surface area contributed by atoms with Crippen molar-refractivity contribution in [3.05, 3.63) is 59.5 Å². The Morgan fingerprint density at radius 2 is 1.75 bits per heavy atom. The number of benzene rings is 1. The van der Waals surface area contributed by atoms with E-state index in [9.17, 15) is 14.0 Å². The molecule has 2 aliphatic heterocycles. The number of amides is 2. The van der Waals surface area contributed by atoms with Gasteiger partial charge in [-0.3, -0.25) is 14.5 Å². The van der Waals surface area contributed by atoms with Crippen LogP contribution in [0.2, 0.25) is 0 Å². The normalized spacial score (nSPS) is 17.5. The van der Waals surface area contributed by atoms with E-state index < -0.39 is 0 Å². The molecule has 2 amide bonds. The first kappa shape index (κ1) is 22.4. The molecule has 0 aliphatic carbocycles. The van der Waals surface area contributed by atoms with Crippen molar-refractivity contribution >= 4 is 17.6 Å². The largest absolute Gasteiger partial charge is 0.342 e. The number of aromatic nitrogens is 1. The van der Waals surface area contributed by atoms with Gasteiger partial charge in [-0.1, -0.05) is 0 Å². The number of halogens is 1. The monoisotopic (exact) mass is 438 g/mol. The lowest BCUT2D eigenvalue weighted by molar-refractivity contribution is -0.131. The summed E-state index contributed by atoms with van der Waals surface area (Å²) < 4.78 is 13.0. The number of hydrogen-bond acceptors (Lipinski definition) is 4. The van der Waals surface area contributed by atoms with Gasteiger partial charge >= 0.3 is 0 Å². The maximum Gasteiger partial charge on any atom is 0.256 e. The van der Waals surface area contributed by atoms with E-state index in [-0.39, 0.29) is 17.6 Å². The summed E-state index contributed by atoms with van der Waals surface area (Å²) in [5.41, 5.74) is 1.54. The zero-order valence-corrected chi connectivity index (χ0v) is 18.4. The smallest absolute Gasteiger partial charge is 0.256 e. The summed E-state index contributed by atoms with van der Waals surface area (Å²) in [5.74, 6) is 0.773. The Kier molecular flexibility index (Phi) is 7.47. The fourth-order valence-electron chi connectivity index (χ4n) is 4.55. The molecule has 1 aromatic heterocycles. The number of nitrogens with zero attached hydrogens (tertiary/aromatic N) is 3. The minimum absolute atomic E-state index is 0.285. The Morgan fingerprint density at radius 1 is 1.03 bits per heavy atom. The summed E-state index contributed by atoms with van der Waals surface area (Å²) in [6.45, 7) is 4.38. The molecule has 7 heteroatoms. The minimum Gasteiger partial charge on any atom is -0.342 e. The Labute approximate surface area is 188 Å². The number of nitrogens with one attached hydrogen (secondary N) is 1. The molecule has 0 saturated carbocycles. The third-order valence-corrected chi connectivity index (χ3v) is 6.54. The molecule has 2 fully saturated rings. The second-order valence-corrected chi connectivity index (χ2v) is 8.86. The van der Waals surface area contributed by atoms with Gasteiger partial charge in [0.05, 0.1) is 6.54 Å². The predicted octanol–water partition coefficient (Wildman–Crippen LogP) is 3.74. The maximum atomic E-state index is 13.0. The van der Waals surface area contributed by atoms with Crippen molar-refractivity contribution in [3.63, 3.8) is 0 Å². The Hall–Kier alpha value is -2.80. The summed E-state index contributed by atoms with van der Waals surface area (Å²) in [4.78, 5) is 33.2. The molecule has 170 valence electrons. The summed E-state index contributed by atoms with van der Waals surface area (Å²) in [5, 5.41) is 2.79. The average molecular weight is 439 g/mol. The Balaban J connectivity index is 1.21. The van der Waals surface area contributed by atoms with Gasteiger partial charge < -0.3 is 10.2 Å². The fraction of sp³-hybridized carbons (Fsp3) is 0.480. The lowest BCUT2D eigenvalue weighted by atomic mass is 9.90. The zero-order chi connectivity index (χ0) is 22.3. The second kappa shape index (κ2) is 10.7. The van der Waals surface area contributed by atoms with Crippen LogP contribution in [0.5, 0.6) is 0 Å². The number of rotatable bonds is 7. The van der Waals surface area contributed by atoms with Crippen LogP contribution in [0.15, 0.2) is 42.6 Å². The van der Waals surface area contributed by atoms with Crippen molar-refractivity contribution in [3.8, 4) is 0 Å². The topological polar surface area (TPSA) is 65.5 Å². The van der Waals surface area contributed by atoms with Gasteiger partial charge in [-0.25, -0.2) is 9.37 Å². The van der Waals surface area contributed by atoms with E-state index >= 15 is 0 Å². The highest BCUT2D eigenvalue weighted by molar-refractivity contribution is 6.03. The molecule has 1 N–H and O–H groups in total. The number of hydrogen-bond donors (Lipinski definition) is 1. The standard InChI is InChI=1S/C25H31FN4O2/c26-22-7-5-21(6-8-22)25(32)28-23-17-20(9-12-27-23)4-3-19-10-15-29(16-11-19)18-24(31)30-13-1-2-14-30/h5-9,12,17,19H,1-4,10-11,13-16,18H2,(H,27,28,32). The van der Waals surface area contributed by atoms with Crippen molar-refractivity contribution in [2.75, 3.05) is 38.0 Å². The molecule has 2 saturated heterocycles. The number of anilines is 1. The molecule has 2 aliphatic rings. The molecule has 0 atom stereocenters.